The van der Waals surface area contributed by atoms with Crippen LogP contribution >= 0.6 is 0 Å². The highest BCUT2D eigenvalue weighted by Crippen LogP contribution is 2.24. The molecule has 0 saturated carbocycles. The number of carbonyl (C=O) groups excluding carboxylic acids is 1. The summed E-state index contributed by atoms with van der Waals surface area (Å²) in [6.45, 7) is 2.38. The molecule has 0 aliphatic heterocycles. The van der Waals surface area contributed by atoms with Crippen molar-refractivity contribution in [1.82, 2.24) is 5.32 Å². The molecule has 3 nitrogen and oxygen atoms in total. The highest BCUT2D eigenvalue weighted by molar-refractivity contribution is 5.86. The van der Waals surface area contributed by atoms with Gasteiger partial charge in [-0.15, -0.1) is 0 Å². The van der Waals surface area contributed by atoms with Gasteiger partial charge in [0.05, 0.1) is 19.1 Å². The van der Waals surface area contributed by atoms with Crippen LogP contribution in [-0.2, 0) is 4.79 Å². The third kappa shape index (κ3) is 3.93. The minimum absolute atomic E-state index is 0.00800. The quantitative estimate of drug-likeness (QED) is 0.727. The Bertz CT molecular complexity index is 809. The Labute approximate surface area is 142 Å². The van der Waals surface area contributed by atoms with E-state index in [1.165, 1.54) is 10.8 Å². The second-order valence-electron chi connectivity index (χ2n) is 5.77. The molecular weight excluding hydrogens is 298 g/mol. The van der Waals surface area contributed by atoms with Crippen LogP contribution in [0.15, 0.2) is 72.8 Å². The molecule has 0 aliphatic rings. The summed E-state index contributed by atoms with van der Waals surface area (Å²) in [4.78, 5) is 12.2. The second-order valence-corrected chi connectivity index (χ2v) is 5.77. The normalized spacial score (nSPS) is 11.9. The van der Waals surface area contributed by atoms with Crippen molar-refractivity contribution in [2.45, 2.75) is 19.4 Å². The molecule has 0 aromatic heterocycles. The van der Waals surface area contributed by atoms with Crippen LogP contribution in [0.25, 0.3) is 10.8 Å². The highest BCUT2D eigenvalue weighted by atomic mass is 16.5. The van der Waals surface area contributed by atoms with Gasteiger partial charge in [-0.25, -0.2) is 0 Å². The molecule has 0 aliphatic carbocycles. The summed E-state index contributed by atoms with van der Waals surface area (Å²) in [6.07, 6.45) is 0.337. The first-order valence-electron chi connectivity index (χ1n) is 8.19. The molecular formula is C21H21NO2. The third-order valence-corrected chi connectivity index (χ3v) is 4.01. The van der Waals surface area contributed by atoms with Gasteiger partial charge in [0.15, 0.2) is 0 Å². The van der Waals surface area contributed by atoms with Gasteiger partial charge < -0.3 is 10.1 Å². The maximum absolute atomic E-state index is 12.2. The second kappa shape index (κ2) is 7.64. The van der Waals surface area contributed by atoms with Crippen LogP contribution in [0.4, 0.5) is 0 Å². The zero-order chi connectivity index (χ0) is 16.8. The van der Waals surface area contributed by atoms with Crippen molar-refractivity contribution in [3.8, 4) is 5.75 Å². The first-order chi connectivity index (χ1) is 11.7. The Kier molecular flexibility index (Phi) is 5.12. The third-order valence-electron chi connectivity index (χ3n) is 4.01. The molecule has 0 spiro atoms. The Morgan fingerprint density at radius 3 is 2.50 bits per heavy atom. The average molecular weight is 319 g/mol. The molecule has 122 valence electrons. The lowest BCUT2D eigenvalue weighted by molar-refractivity contribution is -0.122. The highest BCUT2D eigenvalue weighted by Gasteiger charge is 2.12. The monoisotopic (exact) mass is 319 g/mol. The van der Waals surface area contributed by atoms with Gasteiger partial charge in [-0.1, -0.05) is 60.7 Å². The fourth-order valence-corrected chi connectivity index (χ4v) is 2.80. The summed E-state index contributed by atoms with van der Waals surface area (Å²) in [5.74, 6) is 0.777. The van der Waals surface area contributed by atoms with Crippen LogP contribution in [0.5, 0.6) is 5.75 Å². The fourth-order valence-electron chi connectivity index (χ4n) is 2.80. The number of hydrogen-bond donors (Lipinski definition) is 1. The van der Waals surface area contributed by atoms with Gasteiger partial charge in [0, 0.05) is 0 Å². The van der Waals surface area contributed by atoms with E-state index in [0.29, 0.717) is 13.0 Å². The van der Waals surface area contributed by atoms with Crippen molar-refractivity contribution in [3.63, 3.8) is 0 Å². The lowest BCUT2D eigenvalue weighted by Gasteiger charge is -2.17. The first kappa shape index (κ1) is 16.1. The number of amides is 1. The summed E-state index contributed by atoms with van der Waals surface area (Å²) in [6, 6.07) is 23.9. The van der Waals surface area contributed by atoms with E-state index in [2.05, 4.69) is 29.6 Å². The van der Waals surface area contributed by atoms with E-state index in [1.807, 2.05) is 55.5 Å². The van der Waals surface area contributed by atoms with E-state index in [4.69, 9.17) is 4.74 Å². The van der Waals surface area contributed by atoms with Crippen molar-refractivity contribution >= 4 is 16.7 Å². The fraction of sp³-hybridized carbons (Fsp3) is 0.190. The number of hydrogen-bond acceptors (Lipinski definition) is 2. The van der Waals surface area contributed by atoms with Gasteiger partial charge in [0.1, 0.15) is 5.75 Å². The molecule has 3 aromatic carbocycles. The van der Waals surface area contributed by atoms with Crippen LogP contribution in [0, 0.1) is 0 Å². The van der Waals surface area contributed by atoms with Gasteiger partial charge in [0.2, 0.25) is 5.91 Å². The van der Waals surface area contributed by atoms with E-state index < -0.39 is 0 Å². The maximum Gasteiger partial charge on any atom is 0.223 e. The minimum atomic E-state index is -0.0414. The Morgan fingerprint density at radius 2 is 1.67 bits per heavy atom. The van der Waals surface area contributed by atoms with E-state index in [0.717, 1.165) is 11.3 Å². The van der Waals surface area contributed by atoms with E-state index >= 15 is 0 Å². The number of para-hydroxylation sites is 1. The zero-order valence-electron chi connectivity index (χ0n) is 13.7. The van der Waals surface area contributed by atoms with Gasteiger partial charge in [0.25, 0.3) is 0 Å². The molecule has 1 atom stereocenters. The van der Waals surface area contributed by atoms with E-state index in [1.54, 1.807) is 0 Å². The molecule has 1 amide bonds. The SMILES string of the molecule is CC(NC(=O)CCOc1ccccc1)c1cccc2ccccc12. The molecule has 3 rings (SSSR count). The van der Waals surface area contributed by atoms with Crippen LogP contribution < -0.4 is 10.1 Å². The van der Waals surface area contributed by atoms with Crippen molar-refractivity contribution in [1.29, 1.82) is 0 Å². The summed E-state index contributed by atoms with van der Waals surface area (Å²) >= 11 is 0. The number of fused-ring (bicyclic) bond motifs is 1. The van der Waals surface area contributed by atoms with Crippen LogP contribution in [0.3, 0.4) is 0 Å². The Hall–Kier alpha value is -2.81. The summed E-state index contributed by atoms with van der Waals surface area (Å²) in [7, 11) is 0. The van der Waals surface area contributed by atoms with Gasteiger partial charge in [-0.05, 0) is 35.4 Å². The number of rotatable bonds is 6. The molecule has 1 N–H and O–H groups in total. The molecule has 0 radical (unpaired) electrons. The van der Waals surface area contributed by atoms with E-state index in [9.17, 15) is 4.79 Å². The minimum Gasteiger partial charge on any atom is -0.493 e. The molecule has 3 aromatic rings. The molecule has 24 heavy (non-hydrogen) atoms. The molecule has 0 saturated heterocycles. The molecule has 1 unspecified atom stereocenters. The van der Waals surface area contributed by atoms with Crippen molar-refractivity contribution in [2.75, 3.05) is 6.61 Å². The topological polar surface area (TPSA) is 38.3 Å². The lowest BCUT2D eigenvalue weighted by atomic mass is 9.99. The van der Waals surface area contributed by atoms with Crippen LogP contribution in [0.2, 0.25) is 0 Å². The number of carbonyl (C=O) groups is 1. The van der Waals surface area contributed by atoms with Crippen molar-refractivity contribution in [2.24, 2.45) is 0 Å². The predicted molar refractivity (Wildman–Crippen MR) is 97.1 cm³/mol. The molecule has 0 heterocycles. The molecule has 0 fully saturated rings. The standard InChI is InChI=1S/C21H21NO2/c1-16(19-13-7-9-17-8-5-6-12-20(17)19)22-21(23)14-15-24-18-10-3-2-4-11-18/h2-13,16H,14-15H2,1H3,(H,22,23). The summed E-state index contributed by atoms with van der Waals surface area (Å²) < 4.78 is 5.57. The molecule has 3 heteroatoms. The zero-order valence-corrected chi connectivity index (χ0v) is 13.7. The first-order valence-corrected chi connectivity index (χ1v) is 8.19. The van der Waals surface area contributed by atoms with Crippen LogP contribution in [0.1, 0.15) is 24.9 Å². The Morgan fingerprint density at radius 1 is 0.958 bits per heavy atom. The summed E-state index contributed by atoms with van der Waals surface area (Å²) in [5, 5.41) is 5.41. The number of nitrogens with one attached hydrogen (secondary N) is 1. The van der Waals surface area contributed by atoms with Crippen molar-refractivity contribution < 1.29 is 9.53 Å². The number of ether oxygens (including phenoxy) is 1. The average Bonchev–Trinajstić information content (AvgIpc) is 2.62. The Balaban J connectivity index is 1.57. The van der Waals surface area contributed by atoms with Gasteiger partial charge in [-0.3, -0.25) is 4.79 Å². The van der Waals surface area contributed by atoms with Crippen molar-refractivity contribution in [3.05, 3.63) is 78.4 Å². The maximum atomic E-state index is 12.2. The van der Waals surface area contributed by atoms with Gasteiger partial charge >= 0.3 is 0 Å². The smallest absolute Gasteiger partial charge is 0.223 e. The van der Waals surface area contributed by atoms with E-state index in [-0.39, 0.29) is 11.9 Å². The number of benzene rings is 3. The molecule has 0 bridgehead atoms. The lowest BCUT2D eigenvalue weighted by Crippen LogP contribution is -2.28. The van der Waals surface area contributed by atoms with Gasteiger partial charge in [-0.2, -0.15) is 0 Å². The largest absolute Gasteiger partial charge is 0.493 e. The van der Waals surface area contributed by atoms with Crippen LogP contribution in [-0.4, -0.2) is 12.5 Å². The predicted octanol–water partition coefficient (Wildman–Crippen LogP) is 4.49. The summed E-state index contributed by atoms with van der Waals surface area (Å²) in [5.41, 5.74) is 1.13.